The molecule has 0 aliphatic carbocycles. The third kappa shape index (κ3) is 3.39. The van der Waals surface area contributed by atoms with Gasteiger partial charge in [-0.2, -0.15) is 0 Å². The zero-order valence-electron chi connectivity index (χ0n) is 11.5. The summed E-state index contributed by atoms with van der Waals surface area (Å²) in [5.41, 5.74) is 1.33. The fourth-order valence-electron chi connectivity index (χ4n) is 2.57. The van der Waals surface area contributed by atoms with Gasteiger partial charge in [-0.25, -0.2) is 0 Å². The summed E-state index contributed by atoms with van der Waals surface area (Å²) in [4.78, 5) is 26.3. The van der Waals surface area contributed by atoms with Crippen LogP contribution in [0, 0.1) is 18.8 Å². The first-order chi connectivity index (χ1) is 9.59. The molecule has 6 nitrogen and oxygen atoms in total. The maximum Gasteiger partial charge on any atom is 0.308 e. The molecule has 6 heteroatoms. The van der Waals surface area contributed by atoms with Gasteiger partial charge in [0.15, 0.2) is 0 Å². The Labute approximate surface area is 117 Å². The highest BCUT2D eigenvalue weighted by atomic mass is 16.5. The molecule has 1 fully saturated rings. The summed E-state index contributed by atoms with van der Waals surface area (Å²) in [6.07, 6.45) is 3.16. The van der Waals surface area contributed by atoms with Crippen molar-refractivity contribution in [3.8, 4) is 0 Å². The molecule has 0 spiro atoms. The van der Waals surface area contributed by atoms with Crippen LogP contribution < -0.4 is 5.32 Å². The van der Waals surface area contributed by atoms with Crippen LogP contribution in [0.3, 0.4) is 0 Å². The summed E-state index contributed by atoms with van der Waals surface area (Å²) < 4.78 is 5.25. The Bertz CT molecular complexity index is 477. The van der Waals surface area contributed by atoms with E-state index >= 15 is 0 Å². The largest absolute Gasteiger partial charge is 0.481 e. The lowest BCUT2D eigenvalue weighted by molar-refractivity contribution is -0.144. The summed E-state index contributed by atoms with van der Waals surface area (Å²) >= 11 is 0. The Morgan fingerprint density at radius 2 is 2.20 bits per heavy atom. The maximum atomic E-state index is 12.0. The molecule has 0 saturated carbocycles. The number of carboxylic acid groups (broad SMARTS) is 1. The van der Waals surface area contributed by atoms with E-state index in [1.165, 1.54) is 0 Å². The van der Waals surface area contributed by atoms with Crippen LogP contribution in [-0.4, -0.2) is 41.7 Å². The van der Waals surface area contributed by atoms with Crippen molar-refractivity contribution < 1.29 is 19.4 Å². The summed E-state index contributed by atoms with van der Waals surface area (Å²) in [5.74, 6) is -1.58. The fourth-order valence-corrected chi connectivity index (χ4v) is 2.57. The van der Waals surface area contributed by atoms with Crippen LogP contribution in [0.4, 0.5) is 0 Å². The number of nitrogens with one attached hydrogen (secondary N) is 2. The SMILES string of the molecule is Cc1[nH]ccc1C(=O)NCC(C(=O)O)C1CCOCC1. The van der Waals surface area contributed by atoms with E-state index in [1.807, 2.05) is 6.92 Å². The van der Waals surface area contributed by atoms with Crippen LogP contribution in [0.1, 0.15) is 28.9 Å². The number of ether oxygens (including phenoxy) is 1. The average Bonchev–Trinajstić information content (AvgIpc) is 2.86. The maximum absolute atomic E-state index is 12.0. The summed E-state index contributed by atoms with van der Waals surface area (Å²) in [7, 11) is 0. The number of hydrogen-bond donors (Lipinski definition) is 3. The lowest BCUT2D eigenvalue weighted by Crippen LogP contribution is -2.39. The second-order valence-corrected chi connectivity index (χ2v) is 5.12. The van der Waals surface area contributed by atoms with E-state index in [1.54, 1.807) is 12.3 Å². The molecule has 1 unspecified atom stereocenters. The molecule has 2 rings (SSSR count). The third-order valence-electron chi connectivity index (χ3n) is 3.83. The van der Waals surface area contributed by atoms with Crippen molar-refractivity contribution in [3.63, 3.8) is 0 Å². The third-order valence-corrected chi connectivity index (χ3v) is 3.83. The van der Waals surface area contributed by atoms with Crippen LogP contribution >= 0.6 is 0 Å². The van der Waals surface area contributed by atoms with Crippen LogP contribution in [-0.2, 0) is 9.53 Å². The van der Waals surface area contributed by atoms with Gasteiger partial charge in [-0.3, -0.25) is 9.59 Å². The minimum absolute atomic E-state index is 0.0638. The Kier molecular flexibility index (Phi) is 4.79. The van der Waals surface area contributed by atoms with Crippen molar-refractivity contribution in [1.29, 1.82) is 0 Å². The number of hydrogen-bond acceptors (Lipinski definition) is 3. The number of aromatic nitrogens is 1. The van der Waals surface area contributed by atoms with Crippen LogP contribution in [0.5, 0.6) is 0 Å². The van der Waals surface area contributed by atoms with E-state index in [2.05, 4.69) is 10.3 Å². The second-order valence-electron chi connectivity index (χ2n) is 5.12. The second kappa shape index (κ2) is 6.56. The highest BCUT2D eigenvalue weighted by Gasteiger charge is 2.30. The molecule has 1 saturated heterocycles. The minimum atomic E-state index is -0.858. The Morgan fingerprint density at radius 3 is 2.75 bits per heavy atom. The van der Waals surface area contributed by atoms with Gasteiger partial charge in [0.05, 0.1) is 11.5 Å². The summed E-state index contributed by atoms with van der Waals surface area (Å²) in [6.45, 7) is 3.16. The lowest BCUT2D eigenvalue weighted by atomic mass is 9.86. The minimum Gasteiger partial charge on any atom is -0.481 e. The standard InChI is InChI=1S/C14H20N2O4/c1-9-11(2-5-15-9)13(17)16-8-12(14(18)19)10-3-6-20-7-4-10/h2,5,10,12,15H,3-4,6-8H2,1H3,(H,16,17)(H,18,19). The first-order valence-corrected chi connectivity index (χ1v) is 6.82. The molecule has 1 aromatic rings. The molecular formula is C14H20N2O4. The molecule has 1 aromatic heterocycles. The Hall–Kier alpha value is -1.82. The molecule has 110 valence electrons. The predicted molar refractivity (Wildman–Crippen MR) is 72.5 cm³/mol. The number of carbonyl (C=O) groups is 2. The molecule has 1 atom stereocenters. The zero-order valence-corrected chi connectivity index (χ0v) is 11.5. The molecule has 0 bridgehead atoms. The molecule has 3 N–H and O–H groups in total. The smallest absolute Gasteiger partial charge is 0.308 e. The van der Waals surface area contributed by atoms with Crippen molar-refractivity contribution in [2.45, 2.75) is 19.8 Å². The highest BCUT2D eigenvalue weighted by Crippen LogP contribution is 2.23. The number of aromatic amines is 1. The van der Waals surface area contributed by atoms with Gasteiger partial charge in [-0.15, -0.1) is 0 Å². The molecule has 0 aromatic carbocycles. The van der Waals surface area contributed by atoms with Gasteiger partial charge in [-0.1, -0.05) is 0 Å². The van der Waals surface area contributed by atoms with Gasteiger partial charge in [-0.05, 0) is 31.7 Å². The van der Waals surface area contributed by atoms with Gasteiger partial charge in [0.25, 0.3) is 5.91 Å². The van der Waals surface area contributed by atoms with E-state index in [-0.39, 0.29) is 18.4 Å². The van der Waals surface area contributed by atoms with E-state index in [4.69, 9.17) is 4.74 Å². The fraction of sp³-hybridized carbons (Fsp3) is 0.571. The van der Waals surface area contributed by atoms with Gasteiger partial charge in [0.2, 0.25) is 0 Å². The van der Waals surface area contributed by atoms with Crippen LogP contribution in [0.25, 0.3) is 0 Å². The molecule has 1 amide bonds. The van der Waals surface area contributed by atoms with E-state index < -0.39 is 11.9 Å². The number of carbonyl (C=O) groups excluding carboxylic acids is 1. The van der Waals surface area contributed by atoms with E-state index in [0.29, 0.717) is 18.8 Å². The predicted octanol–water partition coefficient (Wildman–Crippen LogP) is 1.18. The topological polar surface area (TPSA) is 91.4 Å². The molecule has 0 radical (unpaired) electrons. The van der Waals surface area contributed by atoms with E-state index in [9.17, 15) is 14.7 Å². The average molecular weight is 280 g/mol. The van der Waals surface area contributed by atoms with Crippen molar-refractivity contribution in [2.75, 3.05) is 19.8 Å². The number of aryl methyl sites for hydroxylation is 1. The van der Waals surface area contributed by atoms with E-state index in [0.717, 1.165) is 18.5 Å². The summed E-state index contributed by atoms with van der Waals surface area (Å²) in [6, 6.07) is 1.69. The van der Waals surface area contributed by atoms with Crippen molar-refractivity contribution >= 4 is 11.9 Å². The van der Waals surface area contributed by atoms with Gasteiger partial charge in [0.1, 0.15) is 0 Å². The zero-order chi connectivity index (χ0) is 14.5. The monoisotopic (exact) mass is 280 g/mol. The molecular weight excluding hydrogens is 260 g/mol. The number of rotatable bonds is 5. The van der Waals surface area contributed by atoms with Gasteiger partial charge in [0, 0.05) is 31.6 Å². The first kappa shape index (κ1) is 14.6. The van der Waals surface area contributed by atoms with Crippen molar-refractivity contribution in [2.24, 2.45) is 11.8 Å². The van der Waals surface area contributed by atoms with Crippen molar-refractivity contribution in [1.82, 2.24) is 10.3 Å². The normalized spacial score (nSPS) is 17.6. The van der Waals surface area contributed by atoms with Crippen LogP contribution in [0.15, 0.2) is 12.3 Å². The first-order valence-electron chi connectivity index (χ1n) is 6.82. The Balaban J connectivity index is 1.93. The molecule has 2 heterocycles. The molecule has 20 heavy (non-hydrogen) atoms. The quantitative estimate of drug-likeness (QED) is 0.755. The number of aliphatic carboxylic acids is 1. The van der Waals surface area contributed by atoms with Crippen LogP contribution in [0.2, 0.25) is 0 Å². The van der Waals surface area contributed by atoms with Gasteiger partial charge < -0.3 is 20.1 Å². The van der Waals surface area contributed by atoms with Crippen molar-refractivity contribution in [3.05, 3.63) is 23.5 Å². The lowest BCUT2D eigenvalue weighted by Gasteiger charge is -2.27. The number of amides is 1. The number of carboxylic acids is 1. The molecule has 1 aliphatic rings. The number of H-pyrrole nitrogens is 1. The Morgan fingerprint density at radius 1 is 1.50 bits per heavy atom. The highest BCUT2D eigenvalue weighted by molar-refractivity contribution is 5.95. The molecule has 1 aliphatic heterocycles. The van der Waals surface area contributed by atoms with Gasteiger partial charge >= 0.3 is 5.97 Å². The summed E-state index contributed by atoms with van der Waals surface area (Å²) in [5, 5.41) is 12.0.